The van der Waals surface area contributed by atoms with Gasteiger partial charge >= 0.3 is 6.18 Å². The number of aliphatic hydroxyl groups excluding tert-OH is 1. The molecule has 0 spiro atoms. The maximum atomic E-state index is 11.6. The fourth-order valence-electron chi connectivity index (χ4n) is 0.217. The molecule has 0 aromatic heterocycles. The van der Waals surface area contributed by atoms with Gasteiger partial charge in [0.05, 0.1) is 0 Å². The lowest BCUT2D eigenvalue weighted by Gasteiger charge is -2.11. The summed E-state index contributed by atoms with van der Waals surface area (Å²) in [5.41, 5.74) is 0. The minimum atomic E-state index is -5.16. The summed E-state index contributed by atoms with van der Waals surface area (Å²) in [5.74, 6) is -1.99. The number of nitrogens with one attached hydrogen (secondary N) is 1. The van der Waals surface area contributed by atoms with Crippen LogP contribution in [0, 0.1) is 0 Å². The Morgan fingerprint density at radius 3 is 2.60 bits per heavy atom. The molecule has 10 heavy (non-hydrogen) atoms. The van der Waals surface area contributed by atoms with Gasteiger partial charge in [-0.3, -0.25) is 4.79 Å². The normalized spacial score (nSPS) is 20.2. The van der Waals surface area contributed by atoms with Gasteiger partial charge in [0, 0.05) is 11.1 Å². The fraction of sp³-hybridized carbons (Fsp3) is 0.750. The summed E-state index contributed by atoms with van der Waals surface area (Å²) in [6.07, 6.45) is -8.47. The molecule has 0 aliphatic carbocycles. The van der Waals surface area contributed by atoms with E-state index in [2.05, 4.69) is 0 Å². The second kappa shape index (κ2) is 2.87. The van der Waals surface area contributed by atoms with Crippen LogP contribution in [0.15, 0.2) is 0 Å². The predicted molar refractivity (Wildman–Crippen MR) is 26.1 cm³/mol. The molecule has 60 valence electrons. The highest BCUT2D eigenvalue weighted by Crippen LogP contribution is 2.19. The lowest BCUT2D eigenvalue weighted by Crippen LogP contribution is -2.42. The molecule has 0 aromatic rings. The number of halogens is 3. The number of aliphatic hydroxyl groups is 1. The van der Waals surface area contributed by atoms with Gasteiger partial charge < -0.3 is 10.4 Å². The van der Waals surface area contributed by atoms with E-state index in [-0.39, 0.29) is 0 Å². The van der Waals surface area contributed by atoms with Gasteiger partial charge in [-0.1, -0.05) is 0 Å². The van der Waals surface area contributed by atoms with Crippen LogP contribution < -0.4 is 5.32 Å². The van der Waals surface area contributed by atoms with Crippen molar-refractivity contribution in [1.82, 2.24) is 5.32 Å². The van der Waals surface area contributed by atoms with Crippen molar-refractivity contribution in [3.63, 3.8) is 0 Å². The van der Waals surface area contributed by atoms with Gasteiger partial charge in [0.2, 0.25) is 6.10 Å². The minimum absolute atomic E-state index is 1.02. The van der Waals surface area contributed by atoms with Crippen molar-refractivity contribution in [1.29, 1.82) is 0 Å². The summed E-state index contributed by atoms with van der Waals surface area (Å²) in [4.78, 5) is 10.4. The van der Waals surface area contributed by atoms with E-state index < -0.39 is 25.2 Å². The van der Waals surface area contributed by atoms with Crippen molar-refractivity contribution >= 4 is 5.91 Å². The van der Waals surface area contributed by atoms with Gasteiger partial charge in [0.25, 0.3) is 5.91 Å². The summed E-state index contributed by atoms with van der Waals surface area (Å²) in [6, 6.07) is 0. The van der Waals surface area contributed by atoms with Crippen LogP contribution in [0.25, 0.3) is 0 Å². The van der Waals surface area contributed by atoms with E-state index in [9.17, 15) is 18.0 Å². The molecule has 0 radical (unpaired) electrons. The Bertz CT molecular complexity index is 202. The standard InChI is InChI=1S/C4H6F3NO2/c1-8-3(10)2(9)4(5,6)7/h2,9H,1H3,(H,8,10)/i1D3. The Labute approximate surface area is 59.1 Å². The van der Waals surface area contributed by atoms with Crippen molar-refractivity contribution in [2.45, 2.75) is 12.3 Å². The van der Waals surface area contributed by atoms with E-state index in [1.54, 1.807) is 0 Å². The highest BCUT2D eigenvalue weighted by atomic mass is 19.4. The average molecular weight is 160 g/mol. The molecule has 6 heteroatoms. The number of rotatable bonds is 1. The monoisotopic (exact) mass is 160 g/mol. The first-order chi connectivity index (χ1) is 5.54. The molecule has 0 aliphatic heterocycles. The zero-order valence-electron chi connectivity index (χ0n) is 7.57. The van der Waals surface area contributed by atoms with Crippen LogP contribution in [-0.4, -0.2) is 30.3 Å². The average Bonchev–Trinajstić information content (AvgIpc) is 1.79. The topological polar surface area (TPSA) is 49.3 Å². The maximum absolute atomic E-state index is 11.6. The molecular formula is C4H6F3NO2. The maximum Gasteiger partial charge on any atom is 0.423 e. The van der Waals surface area contributed by atoms with Crippen LogP contribution in [0.2, 0.25) is 0 Å². The molecular weight excluding hydrogens is 151 g/mol. The van der Waals surface area contributed by atoms with Crippen molar-refractivity contribution in [2.75, 3.05) is 6.98 Å². The van der Waals surface area contributed by atoms with Crippen molar-refractivity contribution in [3.8, 4) is 0 Å². The van der Waals surface area contributed by atoms with Crippen molar-refractivity contribution in [3.05, 3.63) is 0 Å². The van der Waals surface area contributed by atoms with Crippen molar-refractivity contribution < 1.29 is 27.2 Å². The number of likely N-dealkylation sites (N-methyl/N-ethyl adjacent to an activating group) is 1. The molecule has 0 bridgehead atoms. The molecule has 0 aliphatic rings. The second-order valence-electron chi connectivity index (χ2n) is 1.43. The number of hydrogen-bond acceptors (Lipinski definition) is 2. The Morgan fingerprint density at radius 2 is 2.30 bits per heavy atom. The first-order valence-electron chi connectivity index (χ1n) is 3.61. The van der Waals surface area contributed by atoms with Gasteiger partial charge in [-0.2, -0.15) is 13.2 Å². The van der Waals surface area contributed by atoms with E-state index in [4.69, 9.17) is 9.22 Å². The molecule has 1 amide bonds. The molecule has 3 nitrogen and oxygen atoms in total. The van der Waals surface area contributed by atoms with E-state index in [0.717, 1.165) is 5.32 Å². The number of hydrogen-bond donors (Lipinski definition) is 2. The van der Waals surface area contributed by atoms with Gasteiger partial charge in [-0.25, -0.2) is 0 Å². The summed E-state index contributed by atoms with van der Waals surface area (Å²) in [5, 5.41) is 9.25. The lowest BCUT2D eigenvalue weighted by molar-refractivity contribution is -0.204. The lowest BCUT2D eigenvalue weighted by atomic mass is 10.3. The quantitative estimate of drug-likeness (QED) is 0.551. The number of alkyl halides is 3. The first kappa shape index (κ1) is 4.95. The molecule has 2 N–H and O–H groups in total. The van der Waals surface area contributed by atoms with E-state index in [0.29, 0.717) is 0 Å². The van der Waals surface area contributed by atoms with Crippen LogP contribution in [-0.2, 0) is 4.79 Å². The highest BCUT2D eigenvalue weighted by molar-refractivity contribution is 5.80. The SMILES string of the molecule is [2H]C([2H])([2H])NC(=O)C(O)C(F)(F)F. The van der Waals surface area contributed by atoms with Gasteiger partial charge in [-0.05, 0) is 0 Å². The Balaban J connectivity index is 4.30. The van der Waals surface area contributed by atoms with E-state index >= 15 is 0 Å². The van der Waals surface area contributed by atoms with Crippen LogP contribution in [0.4, 0.5) is 13.2 Å². The summed E-state index contributed by atoms with van der Waals surface area (Å²) >= 11 is 0. The molecule has 1 unspecified atom stereocenters. The zero-order valence-corrected chi connectivity index (χ0v) is 4.57. The molecule has 0 saturated heterocycles. The molecule has 0 fully saturated rings. The first-order valence-corrected chi connectivity index (χ1v) is 2.11. The number of carbonyl (C=O) groups is 1. The van der Waals surface area contributed by atoms with Crippen LogP contribution >= 0.6 is 0 Å². The minimum Gasteiger partial charge on any atom is -0.376 e. The van der Waals surface area contributed by atoms with Gasteiger partial charge in [0.1, 0.15) is 0 Å². The van der Waals surface area contributed by atoms with Crippen LogP contribution in [0.1, 0.15) is 4.11 Å². The predicted octanol–water partition coefficient (Wildman–Crippen LogP) is -0.344. The Kier molecular flexibility index (Phi) is 1.42. The van der Waals surface area contributed by atoms with Crippen LogP contribution in [0.3, 0.4) is 0 Å². The smallest absolute Gasteiger partial charge is 0.376 e. The molecule has 0 rings (SSSR count). The van der Waals surface area contributed by atoms with E-state index in [1.807, 2.05) is 0 Å². The Hall–Kier alpha value is -0.780. The molecule has 0 saturated carbocycles. The molecule has 0 heterocycles. The fourth-order valence-corrected chi connectivity index (χ4v) is 0.217. The third-order valence-electron chi connectivity index (χ3n) is 0.682. The van der Waals surface area contributed by atoms with Gasteiger partial charge in [0.15, 0.2) is 0 Å². The van der Waals surface area contributed by atoms with E-state index in [1.165, 1.54) is 0 Å². The summed E-state index contributed by atoms with van der Waals surface area (Å²) in [6.45, 7) is -3.04. The van der Waals surface area contributed by atoms with Crippen molar-refractivity contribution in [2.24, 2.45) is 0 Å². The summed E-state index contributed by atoms with van der Waals surface area (Å²) < 4.78 is 53.9. The molecule has 1 atom stereocenters. The molecule has 0 aromatic carbocycles. The zero-order chi connectivity index (χ0) is 10.9. The van der Waals surface area contributed by atoms with Gasteiger partial charge in [-0.15, -0.1) is 0 Å². The van der Waals surface area contributed by atoms with Crippen LogP contribution in [0.5, 0.6) is 0 Å². The number of amides is 1. The Morgan fingerprint density at radius 1 is 1.80 bits per heavy atom. The largest absolute Gasteiger partial charge is 0.423 e. The number of carbonyl (C=O) groups excluding carboxylic acids is 1. The third-order valence-corrected chi connectivity index (χ3v) is 0.682. The third kappa shape index (κ3) is 2.22. The second-order valence-corrected chi connectivity index (χ2v) is 1.43. The highest BCUT2D eigenvalue weighted by Gasteiger charge is 2.42. The summed E-state index contributed by atoms with van der Waals surface area (Å²) in [7, 11) is 0.